The van der Waals surface area contributed by atoms with Crippen LogP contribution in [0.2, 0.25) is 0 Å². The number of benzene rings is 1. The molecule has 2 rings (SSSR count). The maximum atomic E-state index is 13.1. The van der Waals surface area contributed by atoms with Gasteiger partial charge in [0, 0.05) is 11.0 Å². The molecule has 94 valence electrons. The fraction of sp³-hybridized carbons (Fsp3) is 0.0833. The first-order chi connectivity index (χ1) is 8.58. The van der Waals surface area contributed by atoms with E-state index in [0.29, 0.717) is 16.6 Å². The lowest BCUT2D eigenvalue weighted by Gasteiger charge is -2.07. The van der Waals surface area contributed by atoms with Gasteiger partial charge in [-0.1, -0.05) is 0 Å². The standard InChI is InChI=1S/C12H10BrFN2OS/c13-9-4-10(14)11(15)3-8(9)12(17)16-5-7-1-2-18-6-7/h1-4,6H,5,15H2,(H,16,17). The number of nitrogens with two attached hydrogens (primary N) is 1. The highest BCUT2D eigenvalue weighted by atomic mass is 79.9. The normalized spacial score (nSPS) is 10.3. The molecule has 0 spiro atoms. The van der Waals surface area contributed by atoms with E-state index in [-0.39, 0.29) is 11.6 Å². The first-order valence-corrected chi connectivity index (χ1v) is 6.85. The van der Waals surface area contributed by atoms with Crippen molar-refractivity contribution in [1.29, 1.82) is 0 Å². The molecule has 0 fully saturated rings. The van der Waals surface area contributed by atoms with Crippen molar-refractivity contribution in [3.8, 4) is 0 Å². The van der Waals surface area contributed by atoms with Gasteiger partial charge in [0.05, 0.1) is 11.3 Å². The Labute approximate surface area is 116 Å². The van der Waals surface area contributed by atoms with Gasteiger partial charge in [-0.3, -0.25) is 4.79 Å². The number of carbonyl (C=O) groups is 1. The third kappa shape index (κ3) is 2.88. The van der Waals surface area contributed by atoms with Crippen LogP contribution in [0.5, 0.6) is 0 Å². The molecule has 3 nitrogen and oxygen atoms in total. The smallest absolute Gasteiger partial charge is 0.252 e. The molecule has 6 heteroatoms. The van der Waals surface area contributed by atoms with E-state index in [1.54, 1.807) is 11.3 Å². The number of nitrogen functional groups attached to an aromatic ring is 1. The lowest BCUT2D eigenvalue weighted by atomic mass is 10.2. The Morgan fingerprint density at radius 2 is 2.28 bits per heavy atom. The van der Waals surface area contributed by atoms with Crippen LogP contribution in [0.4, 0.5) is 10.1 Å². The van der Waals surface area contributed by atoms with Crippen molar-refractivity contribution in [3.63, 3.8) is 0 Å². The van der Waals surface area contributed by atoms with Crippen LogP contribution in [-0.4, -0.2) is 5.91 Å². The Hall–Kier alpha value is -1.40. The molecule has 0 aliphatic rings. The number of hydrogen-bond acceptors (Lipinski definition) is 3. The molecular weight excluding hydrogens is 319 g/mol. The predicted octanol–water partition coefficient (Wildman–Crippen LogP) is 3.16. The fourth-order valence-corrected chi connectivity index (χ4v) is 2.57. The van der Waals surface area contributed by atoms with Crippen molar-refractivity contribution >= 4 is 38.9 Å². The summed E-state index contributed by atoms with van der Waals surface area (Å²) in [6.07, 6.45) is 0. The van der Waals surface area contributed by atoms with Gasteiger partial charge in [-0.15, -0.1) is 0 Å². The van der Waals surface area contributed by atoms with Crippen LogP contribution in [0.3, 0.4) is 0 Å². The minimum Gasteiger partial charge on any atom is -0.396 e. The van der Waals surface area contributed by atoms with Crippen molar-refractivity contribution in [2.24, 2.45) is 0 Å². The van der Waals surface area contributed by atoms with E-state index >= 15 is 0 Å². The van der Waals surface area contributed by atoms with Crippen LogP contribution in [0.1, 0.15) is 15.9 Å². The first kappa shape index (κ1) is 13.0. The SMILES string of the molecule is Nc1cc(C(=O)NCc2ccsc2)c(Br)cc1F. The summed E-state index contributed by atoms with van der Waals surface area (Å²) in [4.78, 5) is 11.9. The molecule has 1 aromatic carbocycles. The molecule has 0 bridgehead atoms. The summed E-state index contributed by atoms with van der Waals surface area (Å²) in [6.45, 7) is 0.437. The molecule has 0 saturated heterocycles. The number of rotatable bonds is 3. The van der Waals surface area contributed by atoms with Gasteiger partial charge in [0.15, 0.2) is 0 Å². The molecule has 0 atom stereocenters. The van der Waals surface area contributed by atoms with E-state index in [1.165, 1.54) is 12.1 Å². The van der Waals surface area contributed by atoms with Gasteiger partial charge >= 0.3 is 0 Å². The van der Waals surface area contributed by atoms with Crippen molar-refractivity contribution in [3.05, 3.63) is 50.4 Å². The van der Waals surface area contributed by atoms with E-state index in [4.69, 9.17) is 5.73 Å². The summed E-state index contributed by atoms with van der Waals surface area (Å²) in [5.41, 5.74) is 6.75. The highest BCUT2D eigenvalue weighted by molar-refractivity contribution is 9.10. The van der Waals surface area contributed by atoms with Gasteiger partial charge in [0.25, 0.3) is 5.91 Å². The number of nitrogens with one attached hydrogen (secondary N) is 1. The molecule has 0 radical (unpaired) electrons. The maximum Gasteiger partial charge on any atom is 0.252 e. The third-order valence-corrected chi connectivity index (χ3v) is 3.75. The van der Waals surface area contributed by atoms with Crippen LogP contribution in [0.15, 0.2) is 33.4 Å². The summed E-state index contributed by atoms with van der Waals surface area (Å²) >= 11 is 4.71. The number of halogens is 2. The van der Waals surface area contributed by atoms with E-state index in [0.717, 1.165) is 5.56 Å². The summed E-state index contributed by atoms with van der Waals surface area (Å²) in [7, 11) is 0. The number of hydrogen-bond donors (Lipinski definition) is 2. The molecule has 1 aromatic heterocycles. The zero-order chi connectivity index (χ0) is 13.1. The van der Waals surface area contributed by atoms with Gasteiger partial charge < -0.3 is 11.1 Å². The summed E-state index contributed by atoms with van der Waals surface area (Å²) in [5.74, 6) is -0.837. The van der Waals surface area contributed by atoms with Gasteiger partial charge in [0.2, 0.25) is 0 Å². The van der Waals surface area contributed by atoms with E-state index in [1.807, 2.05) is 16.8 Å². The average molecular weight is 329 g/mol. The Bertz CT molecular complexity index is 572. The second kappa shape index (κ2) is 5.49. The number of anilines is 1. The van der Waals surface area contributed by atoms with Gasteiger partial charge in [-0.25, -0.2) is 4.39 Å². The van der Waals surface area contributed by atoms with Crippen LogP contribution in [0, 0.1) is 5.82 Å². The second-order valence-electron chi connectivity index (χ2n) is 3.67. The molecule has 0 aliphatic heterocycles. The largest absolute Gasteiger partial charge is 0.396 e. The zero-order valence-electron chi connectivity index (χ0n) is 9.24. The minimum absolute atomic E-state index is 0.0427. The number of carbonyl (C=O) groups excluding carboxylic acids is 1. The topological polar surface area (TPSA) is 55.1 Å². The number of amides is 1. The number of thiophene rings is 1. The van der Waals surface area contributed by atoms with E-state index in [9.17, 15) is 9.18 Å². The molecular formula is C12H10BrFN2OS. The summed E-state index contributed by atoms with van der Waals surface area (Å²) in [6, 6.07) is 4.44. The van der Waals surface area contributed by atoms with Crippen molar-refractivity contribution in [2.75, 3.05) is 5.73 Å². The molecule has 0 aliphatic carbocycles. The zero-order valence-corrected chi connectivity index (χ0v) is 11.6. The van der Waals surface area contributed by atoms with Crippen molar-refractivity contribution in [2.45, 2.75) is 6.54 Å². The monoisotopic (exact) mass is 328 g/mol. The molecule has 18 heavy (non-hydrogen) atoms. The third-order valence-electron chi connectivity index (χ3n) is 2.36. The fourth-order valence-electron chi connectivity index (χ4n) is 1.41. The molecule has 0 saturated carbocycles. The quantitative estimate of drug-likeness (QED) is 0.850. The first-order valence-electron chi connectivity index (χ1n) is 5.11. The van der Waals surface area contributed by atoms with Gasteiger partial charge in [0.1, 0.15) is 5.82 Å². The molecule has 1 amide bonds. The van der Waals surface area contributed by atoms with Crippen LogP contribution >= 0.6 is 27.3 Å². The lowest BCUT2D eigenvalue weighted by Crippen LogP contribution is -2.23. The van der Waals surface area contributed by atoms with Gasteiger partial charge in [-0.2, -0.15) is 11.3 Å². The molecule has 0 unspecified atom stereocenters. The minimum atomic E-state index is -0.545. The van der Waals surface area contributed by atoms with E-state index in [2.05, 4.69) is 21.2 Å². The van der Waals surface area contributed by atoms with Crippen LogP contribution < -0.4 is 11.1 Å². The molecule has 3 N–H and O–H groups in total. The Morgan fingerprint density at radius 3 is 2.94 bits per heavy atom. The Balaban J connectivity index is 2.11. The maximum absolute atomic E-state index is 13.1. The highest BCUT2D eigenvalue weighted by Gasteiger charge is 2.13. The highest BCUT2D eigenvalue weighted by Crippen LogP contribution is 2.22. The lowest BCUT2D eigenvalue weighted by molar-refractivity contribution is 0.0950. The average Bonchev–Trinajstić information content (AvgIpc) is 2.84. The molecule has 1 heterocycles. The summed E-state index contributed by atoms with van der Waals surface area (Å²) in [5, 5.41) is 6.64. The predicted molar refractivity (Wildman–Crippen MR) is 74.0 cm³/mol. The Kier molecular flexibility index (Phi) is 3.98. The van der Waals surface area contributed by atoms with E-state index < -0.39 is 5.82 Å². The Morgan fingerprint density at radius 1 is 1.50 bits per heavy atom. The van der Waals surface area contributed by atoms with Crippen LogP contribution in [-0.2, 0) is 6.54 Å². The van der Waals surface area contributed by atoms with Crippen LogP contribution in [0.25, 0.3) is 0 Å². The van der Waals surface area contributed by atoms with Crippen molar-refractivity contribution < 1.29 is 9.18 Å². The molecule has 2 aromatic rings. The van der Waals surface area contributed by atoms with Crippen molar-refractivity contribution in [1.82, 2.24) is 5.32 Å². The second-order valence-corrected chi connectivity index (χ2v) is 5.30. The van der Waals surface area contributed by atoms with Gasteiger partial charge in [-0.05, 0) is 50.5 Å². The summed E-state index contributed by atoms with van der Waals surface area (Å²) < 4.78 is 13.5.